The molecule has 1 atom stereocenters. The van der Waals surface area contributed by atoms with Crippen molar-refractivity contribution in [2.24, 2.45) is 5.41 Å². The highest BCUT2D eigenvalue weighted by atomic mass is 19.1. The van der Waals surface area contributed by atoms with Gasteiger partial charge in [-0.05, 0) is 37.6 Å². The smallest absolute Gasteiger partial charge is 0.257 e. The van der Waals surface area contributed by atoms with Gasteiger partial charge in [0.05, 0.1) is 11.8 Å². The predicted molar refractivity (Wildman–Crippen MR) is 89.8 cm³/mol. The van der Waals surface area contributed by atoms with Crippen molar-refractivity contribution in [2.45, 2.75) is 19.8 Å². The lowest BCUT2D eigenvalue weighted by Gasteiger charge is -2.24. The van der Waals surface area contributed by atoms with E-state index in [1.54, 1.807) is 34.9 Å². The van der Waals surface area contributed by atoms with Gasteiger partial charge in [-0.15, -0.1) is 0 Å². The molecule has 130 valence electrons. The molecular weight excluding hydrogens is 323 g/mol. The van der Waals surface area contributed by atoms with Crippen LogP contribution in [0.5, 0.6) is 0 Å². The van der Waals surface area contributed by atoms with Crippen molar-refractivity contribution in [2.75, 3.05) is 24.5 Å². The number of amides is 2. The number of carbonyl (C=O) groups excluding carboxylic acids is 2. The summed E-state index contributed by atoms with van der Waals surface area (Å²) < 4.78 is 18.7. The van der Waals surface area contributed by atoms with E-state index in [2.05, 4.69) is 0 Å². The van der Waals surface area contributed by atoms with Crippen LogP contribution in [0.1, 0.15) is 29.0 Å². The van der Waals surface area contributed by atoms with E-state index in [0.29, 0.717) is 43.1 Å². The fourth-order valence-corrected chi connectivity index (χ4v) is 3.93. The summed E-state index contributed by atoms with van der Waals surface area (Å²) in [7, 11) is 0. The fraction of sp³-hybridized carbons (Fsp3) is 0.368. The summed E-state index contributed by atoms with van der Waals surface area (Å²) in [6, 6.07) is 7.77. The van der Waals surface area contributed by atoms with Gasteiger partial charge in [-0.2, -0.15) is 0 Å². The molecule has 0 unspecified atom stereocenters. The molecule has 0 N–H and O–H groups in total. The number of nitrogens with zero attached hydrogens (tertiary/aromatic N) is 2. The lowest BCUT2D eigenvalue weighted by molar-refractivity contribution is -0.117. The van der Waals surface area contributed by atoms with E-state index >= 15 is 0 Å². The van der Waals surface area contributed by atoms with Crippen molar-refractivity contribution in [1.29, 1.82) is 0 Å². The van der Waals surface area contributed by atoms with Crippen LogP contribution >= 0.6 is 0 Å². The number of hydrogen-bond donors (Lipinski definition) is 0. The Morgan fingerprint density at radius 3 is 2.84 bits per heavy atom. The highest BCUT2D eigenvalue weighted by molar-refractivity contribution is 5.98. The van der Waals surface area contributed by atoms with E-state index in [1.165, 1.54) is 18.4 Å². The standard InChI is InChI=1S/C19H19FN2O3/c1-13-16(5-8-25-13)18(24)21-7-6-19(11-21)10-17(23)22(12-19)15-4-2-3-14(20)9-15/h2-5,8-9H,6-7,10-12H2,1H3/t19-/m1/s1. The molecule has 2 fully saturated rings. The normalized spacial score (nSPS) is 23.0. The molecule has 6 heteroatoms. The molecule has 0 radical (unpaired) electrons. The van der Waals surface area contributed by atoms with Gasteiger partial charge in [0.25, 0.3) is 5.91 Å². The third-order valence-electron chi connectivity index (χ3n) is 5.26. The number of furan rings is 1. The zero-order valence-corrected chi connectivity index (χ0v) is 14.0. The number of anilines is 1. The van der Waals surface area contributed by atoms with E-state index in [0.717, 1.165) is 6.42 Å². The molecule has 5 nitrogen and oxygen atoms in total. The van der Waals surface area contributed by atoms with Gasteiger partial charge in [-0.25, -0.2) is 4.39 Å². The second-order valence-corrected chi connectivity index (χ2v) is 7.00. The zero-order valence-electron chi connectivity index (χ0n) is 14.0. The van der Waals surface area contributed by atoms with E-state index in [9.17, 15) is 14.0 Å². The Morgan fingerprint density at radius 2 is 2.12 bits per heavy atom. The van der Waals surface area contributed by atoms with Crippen LogP contribution in [0.4, 0.5) is 10.1 Å². The Morgan fingerprint density at radius 1 is 1.28 bits per heavy atom. The van der Waals surface area contributed by atoms with E-state index in [-0.39, 0.29) is 23.0 Å². The Balaban J connectivity index is 1.52. The number of carbonyl (C=O) groups is 2. The molecule has 4 rings (SSSR count). The summed E-state index contributed by atoms with van der Waals surface area (Å²) in [6.45, 7) is 3.44. The number of hydrogen-bond acceptors (Lipinski definition) is 3. The van der Waals surface area contributed by atoms with Gasteiger partial charge in [0, 0.05) is 37.2 Å². The van der Waals surface area contributed by atoms with Crippen LogP contribution in [0.2, 0.25) is 0 Å². The van der Waals surface area contributed by atoms with Crippen molar-refractivity contribution in [3.05, 3.63) is 53.7 Å². The van der Waals surface area contributed by atoms with E-state index < -0.39 is 0 Å². The second kappa shape index (κ2) is 5.72. The van der Waals surface area contributed by atoms with Gasteiger partial charge in [-0.1, -0.05) is 6.07 Å². The van der Waals surface area contributed by atoms with Crippen LogP contribution in [-0.2, 0) is 4.79 Å². The molecule has 0 bridgehead atoms. The van der Waals surface area contributed by atoms with Crippen LogP contribution in [0, 0.1) is 18.2 Å². The lowest BCUT2D eigenvalue weighted by Crippen LogP contribution is -2.34. The Kier molecular flexibility index (Phi) is 3.63. The number of aryl methyl sites for hydroxylation is 1. The van der Waals surface area contributed by atoms with E-state index in [1.807, 2.05) is 0 Å². The molecule has 1 aromatic heterocycles. The molecule has 2 aliphatic rings. The van der Waals surface area contributed by atoms with Gasteiger partial charge in [0.2, 0.25) is 5.91 Å². The average Bonchev–Trinajstić information content (AvgIpc) is 3.27. The quantitative estimate of drug-likeness (QED) is 0.843. The van der Waals surface area contributed by atoms with Crippen molar-refractivity contribution in [1.82, 2.24) is 4.90 Å². The van der Waals surface area contributed by atoms with Crippen molar-refractivity contribution >= 4 is 17.5 Å². The van der Waals surface area contributed by atoms with Gasteiger partial charge in [-0.3, -0.25) is 9.59 Å². The first-order valence-corrected chi connectivity index (χ1v) is 8.37. The maximum atomic E-state index is 13.5. The second-order valence-electron chi connectivity index (χ2n) is 7.00. The van der Waals surface area contributed by atoms with Crippen LogP contribution in [-0.4, -0.2) is 36.3 Å². The summed E-state index contributed by atoms with van der Waals surface area (Å²) in [4.78, 5) is 28.6. The molecule has 2 aromatic rings. The summed E-state index contributed by atoms with van der Waals surface area (Å²) in [6.07, 6.45) is 2.67. The molecule has 2 saturated heterocycles. The molecular formula is C19H19FN2O3. The SMILES string of the molecule is Cc1occc1C(=O)N1CC[C@@]2(CC(=O)N(c3cccc(F)c3)C2)C1. The maximum absolute atomic E-state index is 13.5. The first kappa shape index (κ1) is 15.9. The number of benzene rings is 1. The number of likely N-dealkylation sites (tertiary alicyclic amines) is 1. The van der Waals surface area contributed by atoms with Gasteiger partial charge in [0.15, 0.2) is 0 Å². The number of rotatable bonds is 2. The molecule has 1 spiro atoms. The minimum Gasteiger partial charge on any atom is -0.469 e. The van der Waals surface area contributed by atoms with Crippen molar-refractivity contribution in [3.63, 3.8) is 0 Å². The highest BCUT2D eigenvalue weighted by Crippen LogP contribution is 2.42. The molecule has 25 heavy (non-hydrogen) atoms. The summed E-state index contributed by atoms with van der Waals surface area (Å²) in [5, 5.41) is 0. The van der Waals surface area contributed by atoms with Crippen LogP contribution in [0.25, 0.3) is 0 Å². The molecule has 2 aliphatic heterocycles. The summed E-state index contributed by atoms with van der Waals surface area (Å²) in [5.41, 5.74) is 0.900. The van der Waals surface area contributed by atoms with Crippen molar-refractivity contribution in [3.8, 4) is 0 Å². The topological polar surface area (TPSA) is 53.8 Å². The molecule has 2 amide bonds. The minimum atomic E-state index is -0.357. The third kappa shape index (κ3) is 2.71. The maximum Gasteiger partial charge on any atom is 0.257 e. The Hall–Kier alpha value is -2.63. The van der Waals surface area contributed by atoms with Crippen molar-refractivity contribution < 1.29 is 18.4 Å². The van der Waals surface area contributed by atoms with Gasteiger partial charge in [0.1, 0.15) is 11.6 Å². The molecule has 3 heterocycles. The first-order chi connectivity index (χ1) is 12.0. The van der Waals surface area contributed by atoms with E-state index in [4.69, 9.17) is 4.42 Å². The zero-order chi connectivity index (χ0) is 17.6. The number of halogens is 1. The monoisotopic (exact) mass is 342 g/mol. The summed E-state index contributed by atoms with van der Waals surface area (Å²) >= 11 is 0. The third-order valence-corrected chi connectivity index (χ3v) is 5.26. The van der Waals surface area contributed by atoms with Gasteiger partial charge >= 0.3 is 0 Å². The largest absolute Gasteiger partial charge is 0.469 e. The Bertz CT molecular complexity index is 847. The average molecular weight is 342 g/mol. The minimum absolute atomic E-state index is 0.0145. The van der Waals surface area contributed by atoms with Gasteiger partial charge < -0.3 is 14.2 Å². The lowest BCUT2D eigenvalue weighted by atomic mass is 9.86. The molecule has 1 aromatic carbocycles. The summed E-state index contributed by atoms with van der Waals surface area (Å²) in [5.74, 6) is 0.180. The molecule has 0 saturated carbocycles. The van der Waals surface area contributed by atoms with Crippen LogP contribution in [0.3, 0.4) is 0 Å². The Labute approximate surface area is 145 Å². The van der Waals surface area contributed by atoms with Crippen LogP contribution in [0.15, 0.2) is 41.0 Å². The molecule has 0 aliphatic carbocycles. The first-order valence-electron chi connectivity index (χ1n) is 8.37. The highest BCUT2D eigenvalue weighted by Gasteiger charge is 2.49. The van der Waals surface area contributed by atoms with Crippen LogP contribution < -0.4 is 4.90 Å². The predicted octanol–water partition coefficient (Wildman–Crippen LogP) is 3.00. The fourth-order valence-electron chi connectivity index (χ4n) is 3.93.